The van der Waals surface area contributed by atoms with E-state index < -0.39 is 0 Å². The van der Waals surface area contributed by atoms with Gasteiger partial charge in [0.2, 0.25) is 0 Å². The van der Waals surface area contributed by atoms with Crippen LogP contribution in [0.15, 0.2) is 24.5 Å². The molecule has 51 valence electrons. The van der Waals surface area contributed by atoms with Crippen molar-refractivity contribution in [2.75, 3.05) is 0 Å². The summed E-state index contributed by atoms with van der Waals surface area (Å²) in [5.41, 5.74) is 1.22. The Kier molecular flexibility index (Phi) is 4.34. The van der Waals surface area contributed by atoms with Gasteiger partial charge in [0, 0.05) is 19.5 Å². The van der Waals surface area contributed by atoms with Crippen molar-refractivity contribution < 1.29 is 19.5 Å². The molecule has 1 rings (SSSR count). The van der Waals surface area contributed by atoms with Gasteiger partial charge >= 0.3 is 0 Å². The molecule has 0 fully saturated rings. The normalized spacial score (nSPS) is 7.67. The van der Waals surface area contributed by atoms with Crippen molar-refractivity contribution in [1.82, 2.24) is 4.98 Å². The predicted octanol–water partition coefficient (Wildman–Crippen LogP) is 1.65. The summed E-state index contributed by atoms with van der Waals surface area (Å²) in [7, 11) is 0. The molecule has 0 saturated carbocycles. The molecule has 0 aliphatic heterocycles. The Bertz CT molecular complexity index is 150. The van der Waals surface area contributed by atoms with Crippen molar-refractivity contribution >= 4 is 0 Å². The smallest absolute Gasteiger partial charge is 0 e. The molecule has 0 unspecified atom stereocenters. The molecule has 2 heteroatoms. The number of nitrogens with zero attached hydrogens (tertiary/aromatic N) is 1. The Morgan fingerprint density at radius 2 is 1.89 bits per heavy atom. The van der Waals surface area contributed by atoms with E-state index in [0.29, 0.717) is 0 Å². The van der Waals surface area contributed by atoms with Gasteiger partial charge in [0.1, 0.15) is 0 Å². The second-order valence-corrected chi connectivity index (χ2v) is 1.57. The molecule has 0 N–H and O–H groups in total. The SMILES string of the molecule is C[CH-]c1ccncc1.[Rh]. The third-order valence-corrected chi connectivity index (χ3v) is 1.04. The summed E-state index contributed by atoms with van der Waals surface area (Å²) in [6, 6.07) is 3.94. The van der Waals surface area contributed by atoms with Crippen molar-refractivity contribution in [3.05, 3.63) is 36.5 Å². The molecular formula is C7H8NRh-. The first-order valence-electron chi connectivity index (χ1n) is 2.63. The molecule has 0 bridgehead atoms. The Hall–Kier alpha value is -0.357. The second-order valence-electron chi connectivity index (χ2n) is 1.57. The summed E-state index contributed by atoms with van der Waals surface area (Å²) < 4.78 is 0. The molecule has 0 aromatic carbocycles. The van der Waals surface area contributed by atoms with E-state index in [1.807, 2.05) is 25.5 Å². The fraction of sp³-hybridized carbons (Fsp3) is 0.143. The van der Waals surface area contributed by atoms with E-state index in [9.17, 15) is 0 Å². The number of hydrogen-bond acceptors (Lipinski definition) is 1. The fourth-order valence-corrected chi connectivity index (χ4v) is 0.556. The average Bonchev–Trinajstić information content (AvgIpc) is 1.90. The number of pyridine rings is 1. The Morgan fingerprint density at radius 3 is 2.22 bits per heavy atom. The maximum absolute atomic E-state index is 3.87. The van der Waals surface area contributed by atoms with Gasteiger partial charge in [0.05, 0.1) is 0 Å². The predicted molar refractivity (Wildman–Crippen MR) is 33.3 cm³/mol. The first-order chi connectivity index (χ1) is 3.93. The minimum absolute atomic E-state index is 0. The molecule has 0 atom stereocenters. The van der Waals surface area contributed by atoms with Crippen LogP contribution in [0.3, 0.4) is 0 Å². The standard InChI is InChI=1S/C7H8N.Rh/c1-2-7-3-5-8-6-4-7;/h2-6H,1H3;/q-1;. The quantitative estimate of drug-likeness (QED) is 0.506. The van der Waals surface area contributed by atoms with Crippen LogP contribution in [0, 0.1) is 6.42 Å². The van der Waals surface area contributed by atoms with Crippen LogP contribution < -0.4 is 0 Å². The molecule has 0 amide bonds. The summed E-state index contributed by atoms with van der Waals surface area (Å²) in [4.78, 5) is 3.87. The summed E-state index contributed by atoms with van der Waals surface area (Å²) >= 11 is 0. The van der Waals surface area contributed by atoms with Gasteiger partial charge in [-0.15, -0.1) is 12.1 Å². The largest absolute Gasteiger partial charge is 0.291 e. The topological polar surface area (TPSA) is 12.9 Å². The summed E-state index contributed by atoms with van der Waals surface area (Å²) in [5, 5.41) is 0. The Morgan fingerprint density at radius 1 is 1.33 bits per heavy atom. The van der Waals surface area contributed by atoms with Gasteiger partial charge in [-0.1, -0.05) is 6.92 Å². The zero-order valence-corrected chi connectivity index (χ0v) is 6.81. The summed E-state index contributed by atoms with van der Waals surface area (Å²) in [6.45, 7) is 2.01. The third-order valence-electron chi connectivity index (χ3n) is 1.04. The second kappa shape index (κ2) is 4.52. The van der Waals surface area contributed by atoms with Gasteiger partial charge < -0.3 is 0 Å². The van der Waals surface area contributed by atoms with Crippen LogP contribution in [0.5, 0.6) is 0 Å². The maximum Gasteiger partial charge on any atom is 0 e. The first kappa shape index (κ1) is 8.64. The number of aromatic nitrogens is 1. The Balaban J connectivity index is 0.000000640. The van der Waals surface area contributed by atoms with Crippen molar-refractivity contribution in [3.8, 4) is 0 Å². The molecule has 0 aliphatic carbocycles. The molecule has 1 aromatic rings. The van der Waals surface area contributed by atoms with E-state index in [0.717, 1.165) is 0 Å². The van der Waals surface area contributed by atoms with Crippen LogP contribution in [0.4, 0.5) is 0 Å². The van der Waals surface area contributed by atoms with E-state index in [4.69, 9.17) is 0 Å². The molecule has 1 nitrogen and oxygen atoms in total. The van der Waals surface area contributed by atoms with Gasteiger partial charge in [0.15, 0.2) is 0 Å². The van der Waals surface area contributed by atoms with Gasteiger partial charge in [-0.25, -0.2) is 0 Å². The molecule has 0 spiro atoms. The fourth-order valence-electron chi connectivity index (χ4n) is 0.556. The zero-order valence-electron chi connectivity index (χ0n) is 5.17. The van der Waals surface area contributed by atoms with E-state index in [1.54, 1.807) is 12.4 Å². The molecule has 1 heterocycles. The molecule has 9 heavy (non-hydrogen) atoms. The average molecular weight is 209 g/mol. The van der Waals surface area contributed by atoms with E-state index >= 15 is 0 Å². The molecule has 1 radical (unpaired) electrons. The minimum Gasteiger partial charge on any atom is -0.291 e. The van der Waals surface area contributed by atoms with Gasteiger partial charge in [-0.3, -0.25) is 4.98 Å². The number of hydrogen-bond donors (Lipinski definition) is 0. The zero-order chi connectivity index (χ0) is 5.82. The van der Waals surface area contributed by atoms with Crippen LogP contribution in [-0.4, -0.2) is 4.98 Å². The molecule has 0 aliphatic rings. The molecule has 1 aromatic heterocycles. The summed E-state index contributed by atoms with van der Waals surface area (Å²) in [5.74, 6) is 0. The van der Waals surface area contributed by atoms with Crippen LogP contribution in [0.2, 0.25) is 0 Å². The van der Waals surface area contributed by atoms with Gasteiger partial charge in [-0.05, 0) is 12.4 Å². The number of rotatable bonds is 1. The van der Waals surface area contributed by atoms with Crippen molar-refractivity contribution in [3.63, 3.8) is 0 Å². The Labute approximate surface area is 68.3 Å². The minimum atomic E-state index is 0. The van der Waals surface area contributed by atoms with Gasteiger partial charge in [0.25, 0.3) is 0 Å². The van der Waals surface area contributed by atoms with E-state index in [1.165, 1.54) is 5.56 Å². The van der Waals surface area contributed by atoms with Crippen molar-refractivity contribution in [2.45, 2.75) is 6.92 Å². The maximum atomic E-state index is 3.87. The summed E-state index contributed by atoms with van der Waals surface area (Å²) in [6.07, 6.45) is 5.62. The van der Waals surface area contributed by atoms with Crippen LogP contribution >= 0.6 is 0 Å². The van der Waals surface area contributed by atoms with Crippen molar-refractivity contribution in [2.24, 2.45) is 0 Å². The van der Waals surface area contributed by atoms with E-state index in [-0.39, 0.29) is 19.5 Å². The molecule has 0 saturated heterocycles. The van der Waals surface area contributed by atoms with Crippen LogP contribution in [0.1, 0.15) is 12.5 Å². The van der Waals surface area contributed by atoms with E-state index in [2.05, 4.69) is 4.98 Å². The van der Waals surface area contributed by atoms with Crippen molar-refractivity contribution in [1.29, 1.82) is 0 Å². The van der Waals surface area contributed by atoms with Gasteiger partial charge in [-0.2, -0.15) is 12.0 Å². The molecular weight excluding hydrogens is 201 g/mol. The third kappa shape index (κ3) is 2.62. The van der Waals surface area contributed by atoms with Crippen LogP contribution in [-0.2, 0) is 19.5 Å². The monoisotopic (exact) mass is 209 g/mol. The van der Waals surface area contributed by atoms with Crippen LogP contribution in [0.25, 0.3) is 0 Å². The first-order valence-corrected chi connectivity index (χ1v) is 2.63.